The highest BCUT2D eigenvalue weighted by molar-refractivity contribution is 5.25. The summed E-state index contributed by atoms with van der Waals surface area (Å²) < 4.78 is 12.3. The van der Waals surface area contributed by atoms with Crippen LogP contribution in [-0.4, -0.2) is 30.1 Å². The minimum Gasteiger partial charge on any atom is -0.392 e. The molecule has 23 heavy (non-hydrogen) atoms. The van der Waals surface area contributed by atoms with Gasteiger partial charge in [0.05, 0.1) is 19.3 Å². The molecule has 2 aliphatic rings. The number of benzene rings is 1. The summed E-state index contributed by atoms with van der Waals surface area (Å²) in [6, 6.07) is 8.32. The van der Waals surface area contributed by atoms with Gasteiger partial charge in [-0.15, -0.1) is 0 Å². The number of aliphatic hydroxyl groups is 1. The van der Waals surface area contributed by atoms with Gasteiger partial charge in [-0.3, -0.25) is 0 Å². The van der Waals surface area contributed by atoms with Gasteiger partial charge in [-0.25, -0.2) is 0 Å². The van der Waals surface area contributed by atoms with Gasteiger partial charge >= 0.3 is 0 Å². The molecule has 1 aliphatic heterocycles. The minimum atomic E-state index is -0.303. The SMILES string of the molecule is CC(NCC1COC2(CCCCCC2)O1)c1cccc(CO)c1. The predicted molar refractivity (Wildman–Crippen MR) is 90.0 cm³/mol. The van der Waals surface area contributed by atoms with Crippen LogP contribution < -0.4 is 5.32 Å². The van der Waals surface area contributed by atoms with Crippen molar-refractivity contribution in [1.82, 2.24) is 5.32 Å². The Bertz CT molecular complexity index is 497. The summed E-state index contributed by atoms with van der Waals surface area (Å²) >= 11 is 0. The van der Waals surface area contributed by atoms with Gasteiger partial charge in [-0.1, -0.05) is 37.1 Å². The third-order valence-corrected chi connectivity index (χ3v) is 5.06. The van der Waals surface area contributed by atoms with E-state index in [1.165, 1.54) is 31.2 Å². The molecule has 2 unspecified atom stereocenters. The van der Waals surface area contributed by atoms with Crippen molar-refractivity contribution in [1.29, 1.82) is 0 Å². The van der Waals surface area contributed by atoms with Crippen LogP contribution in [0.2, 0.25) is 0 Å². The lowest BCUT2D eigenvalue weighted by atomic mass is 10.1. The summed E-state index contributed by atoms with van der Waals surface area (Å²) in [5.74, 6) is -0.303. The molecule has 2 atom stereocenters. The van der Waals surface area contributed by atoms with Crippen LogP contribution in [0.5, 0.6) is 0 Å². The zero-order chi connectivity index (χ0) is 16.1. The first-order chi connectivity index (χ1) is 11.2. The van der Waals surface area contributed by atoms with Crippen LogP contribution in [0.3, 0.4) is 0 Å². The van der Waals surface area contributed by atoms with Gasteiger partial charge in [0, 0.05) is 25.4 Å². The maximum absolute atomic E-state index is 9.25. The molecule has 0 radical (unpaired) electrons. The topological polar surface area (TPSA) is 50.7 Å². The molecule has 1 aromatic rings. The highest BCUT2D eigenvalue weighted by atomic mass is 16.7. The molecule has 4 heteroatoms. The molecular weight excluding hydrogens is 290 g/mol. The third kappa shape index (κ3) is 4.32. The molecule has 0 bridgehead atoms. The van der Waals surface area contributed by atoms with Crippen LogP contribution >= 0.6 is 0 Å². The lowest BCUT2D eigenvalue weighted by Gasteiger charge is -2.26. The number of aliphatic hydroxyl groups excluding tert-OH is 1. The summed E-state index contributed by atoms with van der Waals surface area (Å²) in [5, 5.41) is 12.8. The summed E-state index contributed by atoms with van der Waals surface area (Å²) in [5.41, 5.74) is 2.15. The van der Waals surface area contributed by atoms with Crippen LogP contribution in [0.1, 0.15) is 62.6 Å². The van der Waals surface area contributed by atoms with E-state index in [1.807, 2.05) is 12.1 Å². The molecule has 0 aromatic heterocycles. The van der Waals surface area contributed by atoms with E-state index in [0.717, 1.165) is 24.9 Å². The fraction of sp³-hybridized carbons (Fsp3) is 0.684. The average Bonchev–Trinajstić information content (AvgIpc) is 2.84. The standard InChI is InChI=1S/C19H29NO3/c1-15(17-8-6-7-16(11-17)13-21)20-12-18-14-22-19(23-18)9-4-2-3-5-10-19/h6-8,11,15,18,20-21H,2-5,9-10,12-14H2,1H3. The highest BCUT2D eigenvalue weighted by Gasteiger charge is 2.41. The van der Waals surface area contributed by atoms with Crippen LogP contribution in [0.15, 0.2) is 24.3 Å². The van der Waals surface area contributed by atoms with E-state index in [9.17, 15) is 5.11 Å². The van der Waals surface area contributed by atoms with E-state index < -0.39 is 0 Å². The molecule has 3 rings (SSSR count). The molecule has 2 fully saturated rings. The first-order valence-electron chi connectivity index (χ1n) is 8.96. The van der Waals surface area contributed by atoms with E-state index >= 15 is 0 Å². The van der Waals surface area contributed by atoms with Crippen LogP contribution in [0.25, 0.3) is 0 Å². The van der Waals surface area contributed by atoms with Crippen molar-refractivity contribution in [3.05, 3.63) is 35.4 Å². The Hall–Kier alpha value is -0.940. The van der Waals surface area contributed by atoms with Crippen molar-refractivity contribution < 1.29 is 14.6 Å². The largest absolute Gasteiger partial charge is 0.392 e. The van der Waals surface area contributed by atoms with E-state index in [0.29, 0.717) is 6.61 Å². The summed E-state index contributed by atoms with van der Waals surface area (Å²) in [7, 11) is 0. The second-order valence-electron chi connectivity index (χ2n) is 6.91. The molecule has 1 saturated heterocycles. The molecular formula is C19H29NO3. The van der Waals surface area contributed by atoms with E-state index in [-0.39, 0.29) is 24.5 Å². The van der Waals surface area contributed by atoms with Gasteiger partial charge in [0.1, 0.15) is 0 Å². The van der Waals surface area contributed by atoms with E-state index in [2.05, 4.69) is 24.4 Å². The summed E-state index contributed by atoms with van der Waals surface area (Å²) in [6.07, 6.45) is 7.24. The number of ether oxygens (including phenoxy) is 2. The lowest BCUT2D eigenvalue weighted by Crippen LogP contribution is -2.34. The van der Waals surface area contributed by atoms with Crippen molar-refractivity contribution in [2.24, 2.45) is 0 Å². The molecule has 1 aromatic carbocycles. The van der Waals surface area contributed by atoms with Crippen LogP contribution in [0.4, 0.5) is 0 Å². The lowest BCUT2D eigenvalue weighted by molar-refractivity contribution is -0.175. The smallest absolute Gasteiger partial charge is 0.168 e. The molecule has 4 nitrogen and oxygen atoms in total. The Morgan fingerprint density at radius 3 is 2.78 bits per heavy atom. The zero-order valence-electron chi connectivity index (χ0n) is 14.1. The Morgan fingerprint density at radius 2 is 2.04 bits per heavy atom. The second-order valence-corrected chi connectivity index (χ2v) is 6.91. The van der Waals surface area contributed by atoms with Crippen molar-refractivity contribution in [2.45, 2.75) is 70.0 Å². The normalized spacial score (nSPS) is 25.4. The molecule has 1 heterocycles. The maximum Gasteiger partial charge on any atom is 0.168 e. The number of hydrogen-bond donors (Lipinski definition) is 2. The highest BCUT2D eigenvalue weighted by Crippen LogP contribution is 2.36. The quantitative estimate of drug-likeness (QED) is 0.874. The Balaban J connectivity index is 1.50. The van der Waals surface area contributed by atoms with Crippen molar-refractivity contribution in [3.8, 4) is 0 Å². The average molecular weight is 319 g/mol. The molecule has 1 aliphatic carbocycles. The Labute approximate surface area is 139 Å². The molecule has 1 spiro atoms. The minimum absolute atomic E-state index is 0.0860. The maximum atomic E-state index is 9.25. The summed E-state index contributed by atoms with van der Waals surface area (Å²) in [6.45, 7) is 3.72. The Morgan fingerprint density at radius 1 is 1.26 bits per heavy atom. The molecule has 0 amide bonds. The van der Waals surface area contributed by atoms with Crippen LogP contribution in [-0.2, 0) is 16.1 Å². The third-order valence-electron chi connectivity index (χ3n) is 5.06. The van der Waals surface area contributed by atoms with E-state index in [1.54, 1.807) is 0 Å². The van der Waals surface area contributed by atoms with Gasteiger partial charge < -0.3 is 19.9 Å². The number of nitrogens with one attached hydrogen (secondary N) is 1. The fourth-order valence-corrected chi connectivity index (χ4v) is 3.63. The van der Waals surface area contributed by atoms with Crippen molar-refractivity contribution in [3.63, 3.8) is 0 Å². The van der Waals surface area contributed by atoms with Gasteiger partial charge in [0.15, 0.2) is 5.79 Å². The van der Waals surface area contributed by atoms with Crippen molar-refractivity contribution in [2.75, 3.05) is 13.2 Å². The second kappa shape index (κ2) is 7.75. The van der Waals surface area contributed by atoms with Gasteiger partial charge in [0.25, 0.3) is 0 Å². The first-order valence-corrected chi connectivity index (χ1v) is 8.96. The zero-order valence-corrected chi connectivity index (χ0v) is 14.1. The number of rotatable bonds is 5. The Kier molecular flexibility index (Phi) is 5.70. The van der Waals surface area contributed by atoms with Gasteiger partial charge in [0.2, 0.25) is 0 Å². The molecule has 1 saturated carbocycles. The summed E-state index contributed by atoms with van der Waals surface area (Å²) in [4.78, 5) is 0. The monoisotopic (exact) mass is 319 g/mol. The van der Waals surface area contributed by atoms with Crippen molar-refractivity contribution >= 4 is 0 Å². The molecule has 2 N–H and O–H groups in total. The first kappa shape index (κ1) is 16.9. The predicted octanol–water partition coefficient (Wildman–Crippen LogP) is 3.30. The van der Waals surface area contributed by atoms with Crippen LogP contribution in [0, 0.1) is 0 Å². The van der Waals surface area contributed by atoms with Gasteiger partial charge in [-0.2, -0.15) is 0 Å². The van der Waals surface area contributed by atoms with Gasteiger partial charge in [-0.05, 0) is 30.9 Å². The molecule has 128 valence electrons. The van der Waals surface area contributed by atoms with E-state index in [4.69, 9.17) is 9.47 Å². The fourth-order valence-electron chi connectivity index (χ4n) is 3.63. The number of hydrogen-bond acceptors (Lipinski definition) is 4.